The molecule has 2 rings (SSSR count). The van der Waals surface area contributed by atoms with Crippen molar-refractivity contribution in [3.63, 3.8) is 0 Å². The fraction of sp³-hybridized carbons (Fsp3) is 0.188. The molecule has 0 aliphatic rings. The largest absolute Gasteiger partial charge is 0.325 e. The smallest absolute Gasteiger partial charge is 0.227 e. The molecule has 3 heteroatoms. The third-order valence-electron chi connectivity index (χ3n) is 2.96. The molecule has 0 unspecified atom stereocenters. The molecule has 0 heterocycles. The molecule has 0 aromatic heterocycles. The van der Waals surface area contributed by atoms with Crippen LogP contribution < -0.4 is 5.32 Å². The van der Waals surface area contributed by atoms with Gasteiger partial charge in [0.25, 0.3) is 0 Å². The molecule has 0 spiro atoms. The van der Waals surface area contributed by atoms with E-state index in [1.54, 1.807) is 12.1 Å². The van der Waals surface area contributed by atoms with Crippen LogP contribution in [0.2, 0.25) is 5.02 Å². The van der Waals surface area contributed by atoms with Crippen LogP contribution in [0, 0.1) is 5.92 Å². The molecule has 0 fully saturated rings. The first-order valence-electron chi connectivity index (χ1n) is 6.26. The van der Waals surface area contributed by atoms with Crippen LogP contribution in [0.3, 0.4) is 0 Å². The molecule has 2 nitrogen and oxygen atoms in total. The summed E-state index contributed by atoms with van der Waals surface area (Å²) in [5.41, 5.74) is 1.82. The van der Waals surface area contributed by atoms with E-state index in [4.69, 9.17) is 11.6 Å². The third kappa shape index (κ3) is 3.83. The monoisotopic (exact) mass is 273 g/mol. The summed E-state index contributed by atoms with van der Waals surface area (Å²) in [6.07, 6.45) is 0.719. The SMILES string of the molecule is C[C@@H](Cc1ccccc1)C(=O)Nc1ccccc1Cl. The topological polar surface area (TPSA) is 29.1 Å². The van der Waals surface area contributed by atoms with Crippen molar-refractivity contribution in [2.45, 2.75) is 13.3 Å². The van der Waals surface area contributed by atoms with Crippen molar-refractivity contribution in [3.8, 4) is 0 Å². The highest BCUT2D eigenvalue weighted by Crippen LogP contribution is 2.21. The number of amides is 1. The molecule has 2 aromatic rings. The summed E-state index contributed by atoms with van der Waals surface area (Å²) < 4.78 is 0. The summed E-state index contributed by atoms with van der Waals surface area (Å²) in [4.78, 5) is 12.1. The van der Waals surface area contributed by atoms with Crippen LogP contribution in [-0.4, -0.2) is 5.91 Å². The van der Waals surface area contributed by atoms with Gasteiger partial charge < -0.3 is 5.32 Å². The standard InChI is InChI=1S/C16H16ClNO/c1-12(11-13-7-3-2-4-8-13)16(19)18-15-10-6-5-9-14(15)17/h2-10,12H,11H2,1H3,(H,18,19)/t12-/m0/s1. The van der Waals surface area contributed by atoms with Crippen molar-refractivity contribution >= 4 is 23.2 Å². The Labute approximate surface area is 118 Å². The molecule has 98 valence electrons. The molecular formula is C16H16ClNO. The minimum atomic E-state index is -0.0985. The maximum atomic E-state index is 12.1. The van der Waals surface area contributed by atoms with Crippen LogP contribution in [0.1, 0.15) is 12.5 Å². The molecular weight excluding hydrogens is 258 g/mol. The Morgan fingerprint density at radius 1 is 1.11 bits per heavy atom. The molecule has 1 N–H and O–H groups in total. The fourth-order valence-electron chi connectivity index (χ4n) is 1.88. The van der Waals surface area contributed by atoms with Gasteiger partial charge in [-0.3, -0.25) is 4.79 Å². The number of anilines is 1. The number of hydrogen-bond acceptors (Lipinski definition) is 1. The van der Waals surface area contributed by atoms with Crippen LogP contribution >= 0.6 is 11.6 Å². The van der Waals surface area contributed by atoms with Gasteiger partial charge in [-0.1, -0.05) is 61.0 Å². The van der Waals surface area contributed by atoms with Crippen molar-refractivity contribution in [1.29, 1.82) is 0 Å². The van der Waals surface area contributed by atoms with Crippen molar-refractivity contribution in [3.05, 3.63) is 65.2 Å². The average Bonchev–Trinajstić information content (AvgIpc) is 2.42. The number of halogens is 1. The van der Waals surface area contributed by atoms with Gasteiger partial charge in [0.05, 0.1) is 10.7 Å². The van der Waals surface area contributed by atoms with E-state index in [9.17, 15) is 4.79 Å². The lowest BCUT2D eigenvalue weighted by atomic mass is 10.0. The zero-order chi connectivity index (χ0) is 13.7. The lowest BCUT2D eigenvalue weighted by molar-refractivity contribution is -0.119. The Morgan fingerprint density at radius 3 is 2.42 bits per heavy atom. The van der Waals surface area contributed by atoms with E-state index in [-0.39, 0.29) is 11.8 Å². The zero-order valence-electron chi connectivity index (χ0n) is 10.8. The Morgan fingerprint density at radius 2 is 1.74 bits per heavy atom. The summed E-state index contributed by atoms with van der Waals surface area (Å²) in [5, 5.41) is 3.42. The van der Waals surface area contributed by atoms with Crippen molar-refractivity contribution in [1.82, 2.24) is 0 Å². The second-order valence-corrected chi connectivity index (χ2v) is 4.97. The number of carbonyl (C=O) groups is 1. The maximum absolute atomic E-state index is 12.1. The van der Waals surface area contributed by atoms with Gasteiger partial charge in [0.1, 0.15) is 0 Å². The van der Waals surface area contributed by atoms with E-state index >= 15 is 0 Å². The molecule has 1 amide bonds. The number of nitrogens with one attached hydrogen (secondary N) is 1. The molecule has 0 saturated heterocycles. The Bertz CT molecular complexity index is 554. The lowest BCUT2D eigenvalue weighted by Gasteiger charge is -2.13. The van der Waals surface area contributed by atoms with Gasteiger partial charge in [-0.05, 0) is 24.1 Å². The van der Waals surface area contributed by atoms with E-state index in [1.807, 2.05) is 49.4 Å². The summed E-state index contributed by atoms with van der Waals surface area (Å²) in [6, 6.07) is 17.2. The summed E-state index contributed by atoms with van der Waals surface area (Å²) >= 11 is 6.02. The van der Waals surface area contributed by atoms with Gasteiger partial charge in [0.15, 0.2) is 0 Å². The molecule has 0 bridgehead atoms. The molecule has 0 saturated carbocycles. The zero-order valence-corrected chi connectivity index (χ0v) is 11.5. The van der Waals surface area contributed by atoms with Crippen molar-refractivity contribution < 1.29 is 4.79 Å². The number of rotatable bonds is 4. The molecule has 0 aliphatic carbocycles. The molecule has 19 heavy (non-hydrogen) atoms. The van der Waals surface area contributed by atoms with Crippen LogP contribution in [0.5, 0.6) is 0 Å². The Kier molecular flexibility index (Phi) is 4.58. The number of para-hydroxylation sites is 1. The van der Waals surface area contributed by atoms with Crippen molar-refractivity contribution in [2.24, 2.45) is 5.92 Å². The predicted molar refractivity (Wildman–Crippen MR) is 79.4 cm³/mol. The molecule has 0 radical (unpaired) electrons. The molecule has 1 atom stereocenters. The normalized spacial score (nSPS) is 11.9. The number of benzene rings is 2. The van der Waals surface area contributed by atoms with Gasteiger partial charge >= 0.3 is 0 Å². The summed E-state index contributed by atoms with van der Waals surface area (Å²) in [7, 11) is 0. The average molecular weight is 274 g/mol. The van der Waals surface area contributed by atoms with E-state index in [2.05, 4.69) is 5.32 Å². The second-order valence-electron chi connectivity index (χ2n) is 4.56. The second kappa shape index (κ2) is 6.39. The highest BCUT2D eigenvalue weighted by molar-refractivity contribution is 6.33. The maximum Gasteiger partial charge on any atom is 0.227 e. The van der Waals surface area contributed by atoms with Gasteiger partial charge in [0, 0.05) is 5.92 Å². The predicted octanol–water partition coefficient (Wildman–Crippen LogP) is 4.16. The van der Waals surface area contributed by atoms with E-state index in [1.165, 1.54) is 0 Å². The summed E-state index contributed by atoms with van der Waals surface area (Å²) in [6.45, 7) is 1.92. The van der Waals surface area contributed by atoms with E-state index in [0.717, 1.165) is 12.0 Å². The fourth-order valence-corrected chi connectivity index (χ4v) is 2.06. The van der Waals surface area contributed by atoms with Crippen molar-refractivity contribution in [2.75, 3.05) is 5.32 Å². The highest BCUT2D eigenvalue weighted by Gasteiger charge is 2.14. The quantitative estimate of drug-likeness (QED) is 0.890. The third-order valence-corrected chi connectivity index (χ3v) is 3.29. The first-order chi connectivity index (χ1) is 9.16. The van der Waals surface area contributed by atoms with Crippen LogP contribution in [0.25, 0.3) is 0 Å². The van der Waals surface area contributed by atoms with E-state index in [0.29, 0.717) is 10.7 Å². The van der Waals surface area contributed by atoms with Gasteiger partial charge in [-0.25, -0.2) is 0 Å². The van der Waals surface area contributed by atoms with Crippen LogP contribution in [0.15, 0.2) is 54.6 Å². The van der Waals surface area contributed by atoms with Gasteiger partial charge in [-0.2, -0.15) is 0 Å². The van der Waals surface area contributed by atoms with E-state index < -0.39 is 0 Å². The van der Waals surface area contributed by atoms with Gasteiger partial charge in [-0.15, -0.1) is 0 Å². The van der Waals surface area contributed by atoms with Crippen LogP contribution in [0.4, 0.5) is 5.69 Å². The molecule has 0 aliphatic heterocycles. The minimum absolute atomic E-state index is 0.0167. The van der Waals surface area contributed by atoms with Crippen LogP contribution in [-0.2, 0) is 11.2 Å². The first-order valence-corrected chi connectivity index (χ1v) is 6.64. The van der Waals surface area contributed by atoms with Gasteiger partial charge in [0.2, 0.25) is 5.91 Å². The Hall–Kier alpha value is -1.80. The number of hydrogen-bond donors (Lipinski definition) is 1. The number of carbonyl (C=O) groups excluding carboxylic acids is 1. The first kappa shape index (κ1) is 13.6. The highest BCUT2D eigenvalue weighted by atomic mass is 35.5. The molecule has 2 aromatic carbocycles. The lowest BCUT2D eigenvalue weighted by Crippen LogP contribution is -2.22. The minimum Gasteiger partial charge on any atom is -0.325 e. The summed E-state index contributed by atoms with van der Waals surface area (Å²) in [5.74, 6) is -0.115. The Balaban J connectivity index is 1.99.